The van der Waals surface area contributed by atoms with Crippen molar-refractivity contribution in [3.63, 3.8) is 0 Å². The number of piperazine rings is 1. The summed E-state index contributed by atoms with van der Waals surface area (Å²) in [5.74, 6) is 0.885. The second-order valence-corrected chi connectivity index (χ2v) is 5.06. The zero-order valence-electron chi connectivity index (χ0n) is 10.5. The fourth-order valence-electron chi connectivity index (χ4n) is 2.24. The number of nitrogens with one attached hydrogen (secondary N) is 1. The van der Waals surface area contributed by atoms with Crippen LogP contribution in [0.4, 0.5) is 5.69 Å². The number of rotatable bonds is 2. The van der Waals surface area contributed by atoms with Crippen molar-refractivity contribution in [2.45, 2.75) is 25.9 Å². The van der Waals surface area contributed by atoms with Crippen LogP contribution < -0.4 is 15.0 Å². The third kappa shape index (κ3) is 2.67. The van der Waals surface area contributed by atoms with Crippen molar-refractivity contribution in [1.29, 1.82) is 0 Å². The van der Waals surface area contributed by atoms with Gasteiger partial charge in [-0.05, 0) is 32.0 Å². The van der Waals surface area contributed by atoms with Crippen molar-refractivity contribution in [1.82, 2.24) is 5.32 Å². The second-order valence-electron chi connectivity index (χ2n) is 4.63. The quantitative estimate of drug-likeness (QED) is 0.878. The Balaban J connectivity index is 2.33. The highest BCUT2D eigenvalue weighted by Crippen LogP contribution is 2.33. The van der Waals surface area contributed by atoms with E-state index in [2.05, 4.69) is 24.1 Å². The molecule has 17 heavy (non-hydrogen) atoms. The molecule has 2 atom stereocenters. The highest BCUT2D eigenvalue weighted by Gasteiger charge is 2.24. The number of nitrogens with zero attached hydrogens (tertiary/aromatic N) is 1. The molecule has 3 nitrogen and oxygen atoms in total. The average molecular weight is 255 g/mol. The lowest BCUT2D eigenvalue weighted by molar-refractivity contribution is 0.397. The van der Waals surface area contributed by atoms with Gasteiger partial charge in [0.1, 0.15) is 5.75 Å². The van der Waals surface area contributed by atoms with E-state index < -0.39 is 0 Å². The number of benzene rings is 1. The standard InChI is InChI=1S/C13H19ClN2O/c1-9-8-16(10(2)7-15-9)12-6-11(14)4-5-13(12)17-3/h4-6,9-10,15H,7-8H2,1-3H3. The van der Waals surface area contributed by atoms with Gasteiger partial charge in [0.25, 0.3) is 0 Å². The molecule has 0 bridgehead atoms. The van der Waals surface area contributed by atoms with Gasteiger partial charge >= 0.3 is 0 Å². The number of methoxy groups -OCH3 is 1. The molecule has 2 rings (SSSR count). The van der Waals surface area contributed by atoms with Gasteiger partial charge in [0.2, 0.25) is 0 Å². The number of hydrogen-bond acceptors (Lipinski definition) is 3. The maximum Gasteiger partial charge on any atom is 0.142 e. The van der Waals surface area contributed by atoms with Crippen LogP contribution in [0.3, 0.4) is 0 Å². The Hall–Kier alpha value is -0.930. The third-order valence-corrected chi connectivity index (χ3v) is 3.45. The fourth-order valence-corrected chi connectivity index (χ4v) is 2.41. The summed E-state index contributed by atoms with van der Waals surface area (Å²) in [5.41, 5.74) is 1.08. The Morgan fingerprint density at radius 3 is 2.88 bits per heavy atom. The summed E-state index contributed by atoms with van der Waals surface area (Å²) < 4.78 is 5.42. The molecule has 0 amide bonds. The molecule has 4 heteroatoms. The average Bonchev–Trinajstić information content (AvgIpc) is 2.32. The Morgan fingerprint density at radius 2 is 2.18 bits per heavy atom. The molecule has 1 heterocycles. The second kappa shape index (κ2) is 5.15. The summed E-state index contributed by atoms with van der Waals surface area (Å²) in [6, 6.07) is 6.69. The van der Waals surface area contributed by atoms with Crippen LogP contribution in [0.5, 0.6) is 5.75 Å². The van der Waals surface area contributed by atoms with Crippen LogP contribution in [0.25, 0.3) is 0 Å². The van der Waals surface area contributed by atoms with E-state index in [0.717, 1.165) is 29.5 Å². The molecular formula is C13H19ClN2O. The van der Waals surface area contributed by atoms with Gasteiger partial charge in [-0.2, -0.15) is 0 Å². The number of anilines is 1. The van der Waals surface area contributed by atoms with Crippen molar-refractivity contribution in [3.05, 3.63) is 23.2 Å². The zero-order valence-corrected chi connectivity index (χ0v) is 11.3. The molecule has 0 aliphatic carbocycles. The van der Waals surface area contributed by atoms with E-state index in [4.69, 9.17) is 16.3 Å². The Morgan fingerprint density at radius 1 is 1.41 bits per heavy atom. The normalized spacial score (nSPS) is 24.8. The summed E-state index contributed by atoms with van der Waals surface area (Å²) in [4.78, 5) is 2.35. The largest absolute Gasteiger partial charge is 0.495 e. The first kappa shape index (κ1) is 12.5. The molecule has 94 valence electrons. The maximum absolute atomic E-state index is 6.08. The summed E-state index contributed by atoms with van der Waals surface area (Å²) >= 11 is 6.08. The van der Waals surface area contributed by atoms with E-state index >= 15 is 0 Å². The fraction of sp³-hybridized carbons (Fsp3) is 0.538. The van der Waals surface area contributed by atoms with Crippen LogP contribution in [0, 0.1) is 0 Å². The molecule has 2 unspecified atom stereocenters. The highest BCUT2D eigenvalue weighted by atomic mass is 35.5. The smallest absolute Gasteiger partial charge is 0.142 e. The minimum absolute atomic E-state index is 0.443. The summed E-state index contributed by atoms with van der Waals surface area (Å²) in [6.07, 6.45) is 0. The molecule has 1 aromatic rings. The predicted octanol–water partition coefficient (Wildman–Crippen LogP) is 2.54. The van der Waals surface area contributed by atoms with Crippen LogP contribution in [0.2, 0.25) is 5.02 Å². The lowest BCUT2D eigenvalue weighted by atomic mass is 10.1. The van der Waals surface area contributed by atoms with E-state index in [9.17, 15) is 0 Å². The molecule has 1 aliphatic heterocycles. The van der Waals surface area contributed by atoms with E-state index in [1.54, 1.807) is 7.11 Å². The van der Waals surface area contributed by atoms with Gasteiger partial charge in [-0.1, -0.05) is 11.6 Å². The van der Waals surface area contributed by atoms with Crippen molar-refractivity contribution in [2.75, 3.05) is 25.1 Å². The van der Waals surface area contributed by atoms with Gasteiger partial charge in [-0.3, -0.25) is 0 Å². The molecule has 0 aromatic heterocycles. The minimum Gasteiger partial charge on any atom is -0.495 e. The van der Waals surface area contributed by atoms with E-state index in [1.807, 2.05) is 18.2 Å². The summed E-state index contributed by atoms with van der Waals surface area (Å²) in [7, 11) is 1.70. The molecule has 0 saturated carbocycles. The molecule has 0 spiro atoms. The van der Waals surface area contributed by atoms with E-state index in [1.165, 1.54) is 0 Å². The van der Waals surface area contributed by atoms with Gasteiger partial charge in [0, 0.05) is 30.2 Å². The molecule has 1 aromatic carbocycles. The lowest BCUT2D eigenvalue weighted by Crippen LogP contribution is -2.54. The third-order valence-electron chi connectivity index (χ3n) is 3.21. The van der Waals surface area contributed by atoms with Gasteiger partial charge in [0.05, 0.1) is 12.8 Å². The molecular weight excluding hydrogens is 236 g/mol. The first-order valence-corrected chi connectivity index (χ1v) is 6.33. The molecule has 1 aliphatic rings. The molecule has 1 saturated heterocycles. The summed E-state index contributed by atoms with van der Waals surface area (Å²) in [6.45, 7) is 6.35. The molecule has 0 radical (unpaired) electrons. The van der Waals surface area contributed by atoms with Crippen molar-refractivity contribution in [2.24, 2.45) is 0 Å². The minimum atomic E-state index is 0.443. The molecule has 1 fully saturated rings. The Bertz CT molecular complexity index is 397. The monoisotopic (exact) mass is 254 g/mol. The predicted molar refractivity (Wildman–Crippen MR) is 72.3 cm³/mol. The van der Waals surface area contributed by atoms with Crippen LogP contribution in [-0.2, 0) is 0 Å². The van der Waals surface area contributed by atoms with Crippen LogP contribution >= 0.6 is 11.6 Å². The van der Waals surface area contributed by atoms with Crippen molar-refractivity contribution >= 4 is 17.3 Å². The number of hydrogen-bond donors (Lipinski definition) is 1. The molecule has 1 N–H and O–H groups in total. The van der Waals surface area contributed by atoms with E-state index in [0.29, 0.717) is 12.1 Å². The highest BCUT2D eigenvalue weighted by molar-refractivity contribution is 6.30. The summed E-state index contributed by atoms with van der Waals surface area (Å²) in [5, 5.41) is 4.22. The van der Waals surface area contributed by atoms with E-state index in [-0.39, 0.29) is 0 Å². The maximum atomic E-state index is 6.08. The van der Waals surface area contributed by atoms with Crippen molar-refractivity contribution < 1.29 is 4.74 Å². The first-order valence-electron chi connectivity index (χ1n) is 5.95. The van der Waals surface area contributed by atoms with Gasteiger partial charge in [-0.25, -0.2) is 0 Å². The zero-order chi connectivity index (χ0) is 12.4. The Labute approximate surface area is 108 Å². The van der Waals surface area contributed by atoms with Crippen LogP contribution in [-0.4, -0.2) is 32.3 Å². The number of halogens is 1. The van der Waals surface area contributed by atoms with Gasteiger partial charge in [0.15, 0.2) is 0 Å². The Kier molecular flexibility index (Phi) is 3.79. The van der Waals surface area contributed by atoms with Crippen LogP contribution in [0.15, 0.2) is 18.2 Å². The van der Waals surface area contributed by atoms with Crippen LogP contribution in [0.1, 0.15) is 13.8 Å². The van der Waals surface area contributed by atoms with Gasteiger partial charge in [-0.15, -0.1) is 0 Å². The van der Waals surface area contributed by atoms with Gasteiger partial charge < -0.3 is 15.0 Å². The topological polar surface area (TPSA) is 24.5 Å². The van der Waals surface area contributed by atoms with Crippen molar-refractivity contribution in [3.8, 4) is 5.75 Å². The SMILES string of the molecule is COc1ccc(Cl)cc1N1CC(C)NCC1C. The lowest BCUT2D eigenvalue weighted by Gasteiger charge is -2.39. The first-order chi connectivity index (χ1) is 8.11. The number of ether oxygens (including phenoxy) is 1.